The maximum atomic E-state index is 12.4. The number of rotatable bonds is 3. The summed E-state index contributed by atoms with van der Waals surface area (Å²) >= 11 is 0. The Bertz CT molecular complexity index is 579. The van der Waals surface area contributed by atoms with Gasteiger partial charge >= 0.3 is 0 Å². The number of carbonyl (C=O) groups is 1. The summed E-state index contributed by atoms with van der Waals surface area (Å²) in [6.07, 6.45) is 6.79. The highest BCUT2D eigenvalue weighted by Gasteiger charge is 2.38. The first-order valence-electron chi connectivity index (χ1n) is 8.91. The van der Waals surface area contributed by atoms with Gasteiger partial charge in [0.15, 0.2) is 0 Å². The number of nitrogens with zero attached hydrogens (tertiary/aromatic N) is 1. The van der Waals surface area contributed by atoms with Crippen molar-refractivity contribution in [1.82, 2.24) is 0 Å². The molecule has 1 saturated carbocycles. The first-order chi connectivity index (χ1) is 11.0. The summed E-state index contributed by atoms with van der Waals surface area (Å²) in [7, 11) is 0. The van der Waals surface area contributed by atoms with Crippen LogP contribution in [0.2, 0.25) is 0 Å². The zero-order valence-corrected chi connectivity index (χ0v) is 14.3. The summed E-state index contributed by atoms with van der Waals surface area (Å²) in [6, 6.07) is 6.78. The van der Waals surface area contributed by atoms with Crippen LogP contribution >= 0.6 is 0 Å². The average Bonchev–Trinajstić information content (AvgIpc) is 2.98. The lowest BCUT2D eigenvalue weighted by molar-refractivity contribution is -0.133. The van der Waals surface area contributed by atoms with Gasteiger partial charge in [-0.3, -0.25) is 4.79 Å². The molecular formula is C19H28N2O2. The summed E-state index contributed by atoms with van der Waals surface area (Å²) in [5.74, 6) is -0.253. The molecule has 0 spiro atoms. The van der Waals surface area contributed by atoms with Crippen molar-refractivity contribution in [2.45, 2.75) is 70.4 Å². The fourth-order valence-electron chi connectivity index (χ4n) is 3.87. The van der Waals surface area contributed by atoms with E-state index in [1.165, 1.54) is 24.9 Å². The quantitative estimate of drug-likeness (QED) is 0.895. The van der Waals surface area contributed by atoms with Gasteiger partial charge in [0.1, 0.15) is 5.60 Å². The number of carbonyl (C=O) groups excluding carboxylic acids is 1. The van der Waals surface area contributed by atoms with Crippen LogP contribution < -0.4 is 10.2 Å². The third-order valence-corrected chi connectivity index (χ3v) is 5.45. The summed E-state index contributed by atoms with van der Waals surface area (Å²) in [5.41, 5.74) is 1.91. The smallest absolute Gasteiger partial charge is 0.256 e. The monoisotopic (exact) mass is 316 g/mol. The van der Waals surface area contributed by atoms with Crippen LogP contribution in [0.5, 0.6) is 0 Å². The van der Waals surface area contributed by atoms with Gasteiger partial charge in [-0.2, -0.15) is 0 Å². The number of amides is 1. The van der Waals surface area contributed by atoms with Crippen molar-refractivity contribution >= 4 is 17.3 Å². The standard InChI is InChI=1S/C19H28N2O2/c1-14-13-16(21-12-6-3-7-15(21)2)8-9-17(14)20-18(22)19(23)10-4-5-11-19/h8-9,13,15,23H,3-7,10-12H2,1-2H3,(H,20,22). The predicted molar refractivity (Wildman–Crippen MR) is 93.9 cm³/mol. The SMILES string of the molecule is Cc1cc(N2CCCCC2C)ccc1NC(=O)C1(O)CCCC1. The van der Waals surface area contributed by atoms with Gasteiger partial charge < -0.3 is 15.3 Å². The van der Waals surface area contributed by atoms with Gasteiger partial charge in [-0.1, -0.05) is 0 Å². The van der Waals surface area contributed by atoms with Crippen LogP contribution in [0.25, 0.3) is 0 Å². The van der Waals surface area contributed by atoms with E-state index in [2.05, 4.69) is 29.3 Å². The van der Waals surface area contributed by atoms with Gasteiger partial charge in [0.05, 0.1) is 0 Å². The maximum Gasteiger partial charge on any atom is 0.256 e. The first-order valence-corrected chi connectivity index (χ1v) is 8.91. The molecule has 3 rings (SSSR count). The number of anilines is 2. The van der Waals surface area contributed by atoms with E-state index in [1.807, 2.05) is 13.0 Å². The second-order valence-corrected chi connectivity index (χ2v) is 7.23. The van der Waals surface area contributed by atoms with Crippen molar-refractivity contribution in [3.05, 3.63) is 23.8 Å². The molecule has 2 N–H and O–H groups in total. The van der Waals surface area contributed by atoms with Crippen molar-refractivity contribution in [2.75, 3.05) is 16.8 Å². The Kier molecular flexibility index (Phi) is 4.62. The topological polar surface area (TPSA) is 52.6 Å². The Labute approximate surface area is 138 Å². The molecule has 1 atom stereocenters. The number of aliphatic hydroxyl groups is 1. The Morgan fingerprint density at radius 1 is 1.26 bits per heavy atom. The first kappa shape index (κ1) is 16.3. The fraction of sp³-hybridized carbons (Fsp3) is 0.632. The van der Waals surface area contributed by atoms with Crippen molar-refractivity contribution in [1.29, 1.82) is 0 Å². The van der Waals surface area contributed by atoms with Gasteiger partial charge in [-0.25, -0.2) is 0 Å². The molecule has 1 saturated heterocycles. The van der Waals surface area contributed by atoms with Gasteiger partial charge in [-0.15, -0.1) is 0 Å². The normalized spacial score (nSPS) is 23.8. The molecular weight excluding hydrogens is 288 g/mol. The third-order valence-electron chi connectivity index (χ3n) is 5.45. The Morgan fingerprint density at radius 3 is 2.65 bits per heavy atom. The summed E-state index contributed by atoms with van der Waals surface area (Å²) in [6.45, 7) is 5.40. The largest absolute Gasteiger partial charge is 0.380 e. The maximum absolute atomic E-state index is 12.4. The molecule has 4 nitrogen and oxygen atoms in total. The molecule has 126 valence electrons. The molecule has 0 aromatic heterocycles. The van der Waals surface area contributed by atoms with Gasteiger partial charge in [0, 0.05) is 24.0 Å². The van der Waals surface area contributed by atoms with Crippen LogP contribution in [-0.4, -0.2) is 29.2 Å². The van der Waals surface area contributed by atoms with Crippen LogP contribution in [0.15, 0.2) is 18.2 Å². The molecule has 2 aliphatic rings. The minimum Gasteiger partial charge on any atom is -0.380 e. The summed E-state index contributed by atoms with van der Waals surface area (Å²) < 4.78 is 0. The second kappa shape index (κ2) is 6.52. The van der Waals surface area contributed by atoms with Crippen LogP contribution in [0.4, 0.5) is 11.4 Å². The van der Waals surface area contributed by atoms with Crippen molar-refractivity contribution in [3.63, 3.8) is 0 Å². The number of hydrogen-bond acceptors (Lipinski definition) is 3. The summed E-state index contributed by atoms with van der Waals surface area (Å²) in [4.78, 5) is 14.8. The van der Waals surface area contributed by atoms with E-state index < -0.39 is 5.60 Å². The molecule has 1 unspecified atom stereocenters. The van der Waals surface area contributed by atoms with Crippen LogP contribution in [-0.2, 0) is 4.79 Å². The van der Waals surface area contributed by atoms with Crippen molar-refractivity contribution < 1.29 is 9.90 Å². The zero-order chi connectivity index (χ0) is 16.4. The lowest BCUT2D eigenvalue weighted by Gasteiger charge is -2.35. The highest BCUT2D eigenvalue weighted by Crippen LogP contribution is 2.32. The number of hydrogen-bond donors (Lipinski definition) is 2. The van der Waals surface area contributed by atoms with E-state index in [1.54, 1.807) is 0 Å². The lowest BCUT2D eigenvalue weighted by Crippen LogP contribution is -2.40. The zero-order valence-electron chi connectivity index (χ0n) is 14.3. The molecule has 0 bridgehead atoms. The average molecular weight is 316 g/mol. The minimum absolute atomic E-state index is 0.253. The highest BCUT2D eigenvalue weighted by molar-refractivity contribution is 5.98. The van der Waals surface area contributed by atoms with Crippen molar-refractivity contribution in [2.24, 2.45) is 0 Å². The van der Waals surface area contributed by atoms with E-state index in [9.17, 15) is 9.90 Å². The Morgan fingerprint density at radius 2 is 2.00 bits per heavy atom. The van der Waals surface area contributed by atoms with Crippen molar-refractivity contribution in [3.8, 4) is 0 Å². The molecule has 2 fully saturated rings. The second-order valence-electron chi connectivity index (χ2n) is 7.23. The number of aryl methyl sites for hydroxylation is 1. The Hall–Kier alpha value is -1.55. The molecule has 23 heavy (non-hydrogen) atoms. The van der Waals surface area contributed by atoms with E-state index in [0.29, 0.717) is 18.9 Å². The number of piperidine rings is 1. The number of nitrogens with one attached hydrogen (secondary N) is 1. The van der Waals surface area contributed by atoms with E-state index >= 15 is 0 Å². The molecule has 1 heterocycles. The molecule has 1 aromatic rings. The van der Waals surface area contributed by atoms with E-state index in [-0.39, 0.29) is 5.91 Å². The molecule has 1 aromatic carbocycles. The van der Waals surface area contributed by atoms with Crippen LogP contribution in [0, 0.1) is 6.92 Å². The Balaban J connectivity index is 1.73. The van der Waals surface area contributed by atoms with Crippen LogP contribution in [0.1, 0.15) is 57.4 Å². The molecule has 0 radical (unpaired) electrons. The molecule has 1 amide bonds. The molecule has 1 aliphatic carbocycles. The summed E-state index contributed by atoms with van der Waals surface area (Å²) in [5, 5.41) is 13.3. The third kappa shape index (κ3) is 3.37. The molecule has 1 aliphatic heterocycles. The van der Waals surface area contributed by atoms with E-state index in [0.717, 1.165) is 30.6 Å². The van der Waals surface area contributed by atoms with Gasteiger partial charge in [-0.05, 0) is 82.6 Å². The highest BCUT2D eigenvalue weighted by atomic mass is 16.3. The van der Waals surface area contributed by atoms with E-state index in [4.69, 9.17) is 0 Å². The van der Waals surface area contributed by atoms with Gasteiger partial charge in [0.2, 0.25) is 0 Å². The lowest BCUT2D eigenvalue weighted by atomic mass is 10.0. The van der Waals surface area contributed by atoms with Gasteiger partial charge in [0.25, 0.3) is 5.91 Å². The van der Waals surface area contributed by atoms with Crippen LogP contribution in [0.3, 0.4) is 0 Å². The number of benzene rings is 1. The minimum atomic E-state index is -1.17. The fourth-order valence-corrected chi connectivity index (χ4v) is 3.87. The predicted octanol–water partition coefficient (Wildman–Crippen LogP) is 3.62. The molecule has 4 heteroatoms.